The van der Waals surface area contributed by atoms with Gasteiger partial charge < -0.3 is 5.11 Å². The van der Waals surface area contributed by atoms with Crippen molar-refractivity contribution in [2.24, 2.45) is 0 Å². The van der Waals surface area contributed by atoms with Crippen LogP contribution < -0.4 is 0 Å². The summed E-state index contributed by atoms with van der Waals surface area (Å²) >= 11 is 0. The molecular formula is C18H21FO. The van der Waals surface area contributed by atoms with Gasteiger partial charge in [0.05, 0.1) is 0 Å². The lowest BCUT2D eigenvalue weighted by Gasteiger charge is -2.18. The van der Waals surface area contributed by atoms with Crippen molar-refractivity contribution >= 4 is 0 Å². The van der Waals surface area contributed by atoms with Gasteiger partial charge in [0.15, 0.2) is 0 Å². The third-order valence-electron chi connectivity index (χ3n) is 3.74. The molecule has 2 rings (SSSR count). The lowest BCUT2D eigenvalue weighted by Crippen LogP contribution is -2.07. The van der Waals surface area contributed by atoms with Gasteiger partial charge in [-0.05, 0) is 42.5 Å². The van der Waals surface area contributed by atoms with Crippen molar-refractivity contribution < 1.29 is 9.50 Å². The quantitative estimate of drug-likeness (QED) is 0.877. The molecule has 2 aromatic rings. The van der Waals surface area contributed by atoms with Crippen LogP contribution in [0.15, 0.2) is 36.4 Å². The van der Waals surface area contributed by atoms with Crippen LogP contribution in [0.25, 0.3) is 0 Å². The summed E-state index contributed by atoms with van der Waals surface area (Å²) in [4.78, 5) is 0. The maximum absolute atomic E-state index is 14.0. The van der Waals surface area contributed by atoms with Crippen LogP contribution in [0.3, 0.4) is 0 Å². The monoisotopic (exact) mass is 272 g/mol. The van der Waals surface area contributed by atoms with E-state index in [2.05, 4.69) is 13.0 Å². The zero-order chi connectivity index (χ0) is 14.7. The van der Waals surface area contributed by atoms with Gasteiger partial charge in [-0.15, -0.1) is 0 Å². The fourth-order valence-corrected chi connectivity index (χ4v) is 2.48. The highest BCUT2D eigenvalue weighted by Gasteiger charge is 2.18. The molecule has 0 saturated carbocycles. The largest absolute Gasteiger partial charge is 0.384 e. The van der Waals surface area contributed by atoms with Crippen LogP contribution in [-0.4, -0.2) is 5.11 Å². The topological polar surface area (TPSA) is 20.2 Å². The molecule has 0 heterocycles. The van der Waals surface area contributed by atoms with Crippen molar-refractivity contribution in [3.8, 4) is 0 Å². The number of aryl methyl sites for hydroxylation is 3. The third-order valence-corrected chi connectivity index (χ3v) is 3.74. The Labute approximate surface area is 120 Å². The van der Waals surface area contributed by atoms with E-state index in [0.717, 1.165) is 35.1 Å². The first kappa shape index (κ1) is 14.7. The molecular weight excluding hydrogens is 251 g/mol. The molecule has 1 atom stereocenters. The van der Waals surface area contributed by atoms with Gasteiger partial charge in [-0.25, -0.2) is 4.39 Å². The van der Waals surface area contributed by atoms with Crippen molar-refractivity contribution in [3.05, 3.63) is 70.0 Å². The van der Waals surface area contributed by atoms with E-state index >= 15 is 0 Å². The maximum atomic E-state index is 14.0. The van der Waals surface area contributed by atoms with E-state index in [1.807, 2.05) is 26.0 Å². The molecule has 1 N–H and O–H groups in total. The molecule has 0 saturated heterocycles. The predicted molar refractivity (Wildman–Crippen MR) is 80.4 cm³/mol. The second-order valence-electron chi connectivity index (χ2n) is 5.17. The molecule has 0 radical (unpaired) electrons. The number of aliphatic hydroxyl groups excluding tert-OH is 1. The van der Waals surface area contributed by atoms with E-state index in [-0.39, 0.29) is 5.82 Å². The Morgan fingerprint density at radius 1 is 1.00 bits per heavy atom. The summed E-state index contributed by atoms with van der Waals surface area (Å²) in [6.07, 6.45) is 0.820. The fraction of sp³-hybridized carbons (Fsp3) is 0.333. The number of aliphatic hydroxyl groups is 1. The number of rotatable bonds is 4. The van der Waals surface area contributed by atoms with Gasteiger partial charge in [-0.3, -0.25) is 0 Å². The van der Waals surface area contributed by atoms with Gasteiger partial charge in [0.25, 0.3) is 0 Å². The molecule has 1 unspecified atom stereocenters. The number of halogens is 1. The van der Waals surface area contributed by atoms with Crippen molar-refractivity contribution in [1.29, 1.82) is 0 Å². The van der Waals surface area contributed by atoms with E-state index in [0.29, 0.717) is 5.56 Å². The van der Waals surface area contributed by atoms with Crippen LogP contribution in [0.1, 0.15) is 47.8 Å². The van der Waals surface area contributed by atoms with Crippen LogP contribution in [0.4, 0.5) is 4.39 Å². The van der Waals surface area contributed by atoms with Crippen molar-refractivity contribution in [2.75, 3.05) is 0 Å². The predicted octanol–water partition coefficient (Wildman–Crippen LogP) is 4.34. The summed E-state index contributed by atoms with van der Waals surface area (Å²) in [7, 11) is 0. The number of hydrogen-bond donors (Lipinski definition) is 1. The SMILES string of the molecule is CCc1ccc(CC)c(C(O)c2cc(C)ccc2F)c1. The zero-order valence-corrected chi connectivity index (χ0v) is 12.3. The van der Waals surface area contributed by atoms with Crippen LogP contribution in [-0.2, 0) is 12.8 Å². The highest BCUT2D eigenvalue weighted by Crippen LogP contribution is 2.29. The van der Waals surface area contributed by atoms with Crippen LogP contribution in [0.5, 0.6) is 0 Å². The van der Waals surface area contributed by atoms with E-state index in [9.17, 15) is 9.50 Å². The molecule has 20 heavy (non-hydrogen) atoms. The second kappa shape index (κ2) is 6.19. The third kappa shape index (κ3) is 2.91. The molecule has 2 heteroatoms. The lowest BCUT2D eigenvalue weighted by atomic mass is 9.92. The van der Waals surface area contributed by atoms with Gasteiger partial charge >= 0.3 is 0 Å². The molecule has 0 bridgehead atoms. The Kier molecular flexibility index (Phi) is 4.56. The molecule has 0 amide bonds. The summed E-state index contributed by atoms with van der Waals surface area (Å²) in [5.74, 6) is -0.355. The first-order valence-electron chi connectivity index (χ1n) is 7.12. The van der Waals surface area contributed by atoms with Gasteiger partial charge in [-0.1, -0.05) is 49.7 Å². The first-order chi connectivity index (χ1) is 9.56. The first-order valence-corrected chi connectivity index (χ1v) is 7.12. The number of hydrogen-bond acceptors (Lipinski definition) is 1. The minimum absolute atomic E-state index is 0.355. The maximum Gasteiger partial charge on any atom is 0.129 e. The molecule has 0 spiro atoms. The van der Waals surface area contributed by atoms with E-state index in [1.165, 1.54) is 6.07 Å². The Morgan fingerprint density at radius 3 is 2.40 bits per heavy atom. The summed E-state index contributed by atoms with van der Waals surface area (Å²) in [5.41, 5.74) is 4.34. The van der Waals surface area contributed by atoms with E-state index in [4.69, 9.17) is 0 Å². The summed E-state index contributed by atoms with van der Waals surface area (Å²) in [5, 5.41) is 10.6. The fourth-order valence-electron chi connectivity index (χ4n) is 2.48. The smallest absolute Gasteiger partial charge is 0.129 e. The minimum atomic E-state index is -0.906. The Bertz CT molecular complexity index is 604. The van der Waals surface area contributed by atoms with Crippen LogP contribution in [0.2, 0.25) is 0 Å². The van der Waals surface area contributed by atoms with Crippen molar-refractivity contribution in [2.45, 2.75) is 39.7 Å². The highest BCUT2D eigenvalue weighted by atomic mass is 19.1. The van der Waals surface area contributed by atoms with Crippen LogP contribution in [0, 0.1) is 12.7 Å². The minimum Gasteiger partial charge on any atom is -0.384 e. The lowest BCUT2D eigenvalue weighted by molar-refractivity contribution is 0.213. The van der Waals surface area contributed by atoms with Gasteiger partial charge in [-0.2, -0.15) is 0 Å². The average Bonchev–Trinajstić information content (AvgIpc) is 2.48. The van der Waals surface area contributed by atoms with E-state index in [1.54, 1.807) is 12.1 Å². The molecule has 1 nitrogen and oxygen atoms in total. The van der Waals surface area contributed by atoms with Crippen LogP contribution >= 0.6 is 0 Å². The average molecular weight is 272 g/mol. The normalized spacial score (nSPS) is 12.4. The molecule has 0 aliphatic heterocycles. The molecule has 2 aromatic carbocycles. The molecule has 0 aliphatic carbocycles. The Morgan fingerprint density at radius 2 is 1.75 bits per heavy atom. The number of benzene rings is 2. The molecule has 0 aliphatic rings. The standard InChI is InChI=1S/C18H21FO/c1-4-13-7-8-14(5-2)15(11-13)18(20)16-10-12(3)6-9-17(16)19/h6-11,18,20H,4-5H2,1-3H3. The van der Waals surface area contributed by atoms with E-state index < -0.39 is 6.10 Å². The summed E-state index contributed by atoms with van der Waals surface area (Å²) < 4.78 is 14.0. The van der Waals surface area contributed by atoms with Crippen molar-refractivity contribution in [1.82, 2.24) is 0 Å². The van der Waals surface area contributed by atoms with Gasteiger partial charge in [0.2, 0.25) is 0 Å². The second-order valence-corrected chi connectivity index (χ2v) is 5.17. The molecule has 0 aromatic heterocycles. The van der Waals surface area contributed by atoms with Gasteiger partial charge in [0.1, 0.15) is 11.9 Å². The van der Waals surface area contributed by atoms with Gasteiger partial charge in [0, 0.05) is 5.56 Å². The molecule has 106 valence electrons. The Hall–Kier alpha value is -1.67. The van der Waals surface area contributed by atoms with Crippen molar-refractivity contribution in [3.63, 3.8) is 0 Å². The Balaban J connectivity index is 2.51. The zero-order valence-electron chi connectivity index (χ0n) is 12.3. The summed E-state index contributed by atoms with van der Waals surface area (Å²) in [6.45, 7) is 6.02. The molecule has 0 fully saturated rings. The highest BCUT2D eigenvalue weighted by molar-refractivity contribution is 5.40. The summed E-state index contributed by atoms with van der Waals surface area (Å²) in [6, 6.07) is 11.0.